The molecule has 7 heteroatoms. The van der Waals surface area contributed by atoms with Gasteiger partial charge in [-0.15, -0.1) is 0 Å². The van der Waals surface area contributed by atoms with Crippen molar-refractivity contribution in [1.29, 1.82) is 0 Å². The second-order valence-electron chi connectivity index (χ2n) is 15.5. The summed E-state index contributed by atoms with van der Waals surface area (Å²) in [5, 5.41) is 7.76. The minimum atomic E-state index is -1.22. The summed E-state index contributed by atoms with van der Waals surface area (Å²) in [5.74, 6) is -4.82. The van der Waals surface area contributed by atoms with Crippen molar-refractivity contribution in [3.05, 3.63) is 184 Å². The Morgan fingerprint density at radius 2 is 0.926 bits per heavy atom. The molecule has 2 heterocycles. The van der Waals surface area contributed by atoms with Gasteiger partial charge < -0.3 is 0 Å². The van der Waals surface area contributed by atoms with Crippen LogP contribution in [-0.2, 0) is 24.6 Å². The molecule has 4 amide bonds. The van der Waals surface area contributed by atoms with Gasteiger partial charge in [-0.25, -0.2) is 4.90 Å². The fraction of sp³-hybridized carbons (Fsp3) is 0.170. The number of benzene rings is 6. The van der Waals surface area contributed by atoms with Gasteiger partial charge >= 0.3 is 0 Å². The second kappa shape index (κ2) is 10.4. The SMILES string of the molecule is O=C1[C@@H]2C3c4ccccc4C(c4ccccc43)[C@@H]2C(=O)N1/N=C\C12c3ccccc3C(c3ccccc31)[C@H]1C(=O)N(c3cccc4ccccc34)C(=O)[C@H]12. The minimum Gasteiger partial charge on any atom is -0.274 e. The van der Waals surface area contributed by atoms with Crippen LogP contribution in [0.3, 0.4) is 0 Å². The molecule has 6 aromatic rings. The quantitative estimate of drug-likeness (QED) is 0.144. The number of amides is 4. The zero-order chi connectivity index (χ0) is 36.0. The van der Waals surface area contributed by atoms with E-state index in [1.54, 1.807) is 6.21 Å². The number of nitrogens with zero attached hydrogens (tertiary/aromatic N) is 3. The van der Waals surface area contributed by atoms with Crippen molar-refractivity contribution >= 4 is 46.3 Å². The zero-order valence-electron chi connectivity index (χ0n) is 28.9. The Kier molecular flexibility index (Phi) is 5.76. The summed E-state index contributed by atoms with van der Waals surface area (Å²) in [4.78, 5) is 60.9. The van der Waals surface area contributed by atoms with Crippen LogP contribution in [0.5, 0.6) is 0 Å². The van der Waals surface area contributed by atoms with Crippen molar-refractivity contribution < 1.29 is 19.2 Å². The highest BCUT2D eigenvalue weighted by molar-refractivity contribution is 6.27. The molecule has 14 rings (SSSR count). The average Bonchev–Trinajstić information content (AvgIpc) is 3.64. The van der Waals surface area contributed by atoms with Crippen LogP contribution in [-0.4, -0.2) is 34.9 Å². The monoisotopic (exact) mass is 701 g/mol. The Morgan fingerprint density at radius 1 is 0.463 bits per heavy atom. The van der Waals surface area contributed by atoms with Crippen LogP contribution in [0.2, 0.25) is 0 Å². The number of carbonyl (C=O) groups is 4. The average molecular weight is 702 g/mol. The highest BCUT2D eigenvalue weighted by Gasteiger charge is 2.69. The Morgan fingerprint density at radius 3 is 1.50 bits per heavy atom. The molecule has 54 heavy (non-hydrogen) atoms. The highest BCUT2D eigenvalue weighted by Crippen LogP contribution is 2.65. The summed E-state index contributed by atoms with van der Waals surface area (Å²) < 4.78 is 0. The van der Waals surface area contributed by atoms with Crippen LogP contribution in [0.1, 0.15) is 62.3 Å². The second-order valence-corrected chi connectivity index (χ2v) is 15.5. The normalized spacial score (nSPS) is 29.4. The van der Waals surface area contributed by atoms with Crippen LogP contribution >= 0.6 is 0 Å². The Labute approximate surface area is 310 Å². The third kappa shape index (κ3) is 3.42. The standard InChI is InChI=1S/C47H31N3O4/c51-43-41-38-31-19-7-9-21-33(31)47(34-22-10-8-20-32(34)38,42(41)46(54)49(43)35-23-11-13-25-12-1-2-14-26(25)35)24-48-50-44(52)39-36-27-15-3-4-16-28(27)37(40(39)45(50)53)30-18-6-5-17-29(30)36/h1-24,36-42H/b48-24-/t36?,37?,38?,39-,40+,41-,42+,47?/m1/s1. The lowest BCUT2D eigenvalue weighted by molar-refractivity contribution is -0.140. The van der Waals surface area contributed by atoms with E-state index >= 15 is 4.79 Å². The first-order valence-electron chi connectivity index (χ1n) is 18.7. The van der Waals surface area contributed by atoms with Crippen molar-refractivity contribution in [3.8, 4) is 0 Å². The van der Waals surface area contributed by atoms with Gasteiger partial charge in [-0.05, 0) is 56.0 Å². The molecule has 0 radical (unpaired) electrons. The van der Waals surface area contributed by atoms with Gasteiger partial charge in [0.1, 0.15) is 0 Å². The Balaban J connectivity index is 1.04. The Bertz CT molecular complexity index is 2580. The molecule has 8 aliphatic rings. The smallest absolute Gasteiger partial charge is 0.254 e. The van der Waals surface area contributed by atoms with E-state index in [1.807, 2.05) is 115 Å². The molecule has 4 bridgehead atoms. The van der Waals surface area contributed by atoms with E-state index in [9.17, 15) is 14.4 Å². The maximum Gasteiger partial charge on any atom is 0.254 e. The summed E-state index contributed by atoms with van der Waals surface area (Å²) in [6.45, 7) is 0. The van der Waals surface area contributed by atoms with Gasteiger partial charge in [0.25, 0.3) is 11.8 Å². The zero-order valence-corrected chi connectivity index (χ0v) is 28.9. The highest BCUT2D eigenvalue weighted by atomic mass is 16.2. The first kappa shape index (κ1) is 30.0. The summed E-state index contributed by atoms with van der Waals surface area (Å²) in [5.41, 5.74) is 7.36. The fourth-order valence-electron chi connectivity index (χ4n) is 11.6. The summed E-state index contributed by atoms with van der Waals surface area (Å²) in [7, 11) is 0. The summed E-state index contributed by atoms with van der Waals surface area (Å²) in [6, 6.07) is 45.7. The van der Waals surface area contributed by atoms with E-state index in [2.05, 4.69) is 24.3 Å². The van der Waals surface area contributed by atoms with Crippen molar-refractivity contribution in [1.82, 2.24) is 5.01 Å². The number of hydrogen-bond donors (Lipinski definition) is 0. The minimum absolute atomic E-state index is 0.250. The predicted octanol–water partition coefficient (Wildman–Crippen LogP) is 7.27. The summed E-state index contributed by atoms with van der Waals surface area (Å²) >= 11 is 0. The van der Waals surface area contributed by atoms with E-state index in [1.165, 1.54) is 4.90 Å². The third-order valence-corrected chi connectivity index (χ3v) is 13.5. The molecule has 4 atom stereocenters. The first-order valence-corrected chi connectivity index (χ1v) is 18.7. The van der Waals surface area contributed by atoms with Crippen LogP contribution < -0.4 is 4.90 Å². The van der Waals surface area contributed by atoms with E-state index in [0.717, 1.165) is 60.3 Å². The number of rotatable bonds is 3. The molecule has 0 unspecified atom stereocenters. The van der Waals surface area contributed by atoms with E-state index in [-0.39, 0.29) is 41.4 Å². The molecule has 6 aromatic carbocycles. The topological polar surface area (TPSA) is 87.1 Å². The largest absolute Gasteiger partial charge is 0.274 e. The molecule has 0 aromatic heterocycles. The first-order chi connectivity index (χ1) is 26.5. The molecule has 2 aliphatic heterocycles. The number of carbonyl (C=O) groups excluding carboxylic acids is 4. The maximum atomic E-state index is 15.2. The fourth-order valence-corrected chi connectivity index (χ4v) is 11.6. The van der Waals surface area contributed by atoms with E-state index in [0.29, 0.717) is 5.69 Å². The number of hydrogen-bond acceptors (Lipinski definition) is 5. The Hall–Kier alpha value is -6.47. The van der Waals surface area contributed by atoms with Crippen molar-refractivity contribution in [2.45, 2.75) is 23.2 Å². The lowest BCUT2D eigenvalue weighted by atomic mass is 9.47. The molecule has 2 fully saturated rings. The van der Waals surface area contributed by atoms with Crippen LogP contribution in [0, 0.1) is 23.7 Å². The predicted molar refractivity (Wildman–Crippen MR) is 203 cm³/mol. The number of hydrazone groups is 1. The molecule has 0 spiro atoms. The van der Waals surface area contributed by atoms with Gasteiger partial charge in [0.15, 0.2) is 0 Å². The van der Waals surface area contributed by atoms with Gasteiger partial charge in [-0.2, -0.15) is 10.1 Å². The molecule has 6 aliphatic carbocycles. The number of fused-ring (bicyclic) bond motifs is 1. The van der Waals surface area contributed by atoms with Crippen molar-refractivity contribution in [2.24, 2.45) is 28.8 Å². The van der Waals surface area contributed by atoms with Crippen molar-refractivity contribution in [3.63, 3.8) is 0 Å². The molecule has 0 N–H and O–H groups in total. The number of anilines is 1. The van der Waals surface area contributed by atoms with Gasteiger partial charge in [-0.3, -0.25) is 19.2 Å². The van der Waals surface area contributed by atoms with Crippen molar-refractivity contribution in [2.75, 3.05) is 4.90 Å². The summed E-state index contributed by atoms with van der Waals surface area (Å²) in [6.07, 6.45) is 1.67. The third-order valence-electron chi connectivity index (χ3n) is 13.5. The molecule has 7 nitrogen and oxygen atoms in total. The molecular formula is C47H31N3O4. The van der Waals surface area contributed by atoms with Gasteiger partial charge in [0.2, 0.25) is 11.8 Å². The lowest BCUT2D eigenvalue weighted by Gasteiger charge is -2.52. The molecular weight excluding hydrogens is 671 g/mol. The molecule has 2 saturated heterocycles. The van der Waals surface area contributed by atoms with E-state index in [4.69, 9.17) is 5.10 Å². The van der Waals surface area contributed by atoms with Gasteiger partial charge in [0.05, 0.1) is 34.8 Å². The maximum absolute atomic E-state index is 15.2. The lowest BCUT2D eigenvalue weighted by Crippen LogP contribution is -2.55. The van der Waals surface area contributed by atoms with E-state index < -0.39 is 29.1 Å². The van der Waals surface area contributed by atoms with Gasteiger partial charge in [-0.1, -0.05) is 133 Å². The molecule has 258 valence electrons. The molecule has 0 saturated carbocycles. The van der Waals surface area contributed by atoms with Crippen LogP contribution in [0.4, 0.5) is 5.69 Å². The van der Waals surface area contributed by atoms with Crippen LogP contribution in [0.15, 0.2) is 145 Å². The number of imide groups is 2. The van der Waals surface area contributed by atoms with Gasteiger partial charge in [0, 0.05) is 29.4 Å². The van der Waals surface area contributed by atoms with Crippen LogP contribution in [0.25, 0.3) is 10.8 Å².